The summed E-state index contributed by atoms with van der Waals surface area (Å²) in [4.78, 5) is 4.62. The molecule has 2 rings (SSSR count). The van der Waals surface area contributed by atoms with E-state index in [0.717, 1.165) is 24.7 Å². The maximum atomic E-state index is 8.97. The van der Waals surface area contributed by atoms with Gasteiger partial charge in [0.1, 0.15) is 0 Å². The first kappa shape index (κ1) is 13.2. The van der Waals surface area contributed by atoms with E-state index in [1.54, 1.807) is 0 Å². The van der Waals surface area contributed by atoms with Gasteiger partial charge in [-0.3, -0.25) is 0 Å². The molecular formula is C14H18ClN3. The van der Waals surface area contributed by atoms with Crippen molar-refractivity contribution in [3.63, 3.8) is 0 Å². The van der Waals surface area contributed by atoms with Crippen molar-refractivity contribution in [1.29, 1.82) is 5.26 Å². The molecule has 0 radical (unpaired) electrons. The van der Waals surface area contributed by atoms with Crippen molar-refractivity contribution in [2.24, 2.45) is 0 Å². The Kier molecular flexibility index (Phi) is 4.11. The topological polar surface area (TPSA) is 30.3 Å². The largest absolute Gasteiger partial charge is 0.365 e. The minimum Gasteiger partial charge on any atom is -0.365 e. The minimum atomic E-state index is 0.272. The monoisotopic (exact) mass is 263 g/mol. The van der Waals surface area contributed by atoms with E-state index in [1.165, 1.54) is 11.3 Å². The summed E-state index contributed by atoms with van der Waals surface area (Å²) in [6.45, 7) is 5.01. The molecule has 1 atom stereocenters. The predicted octanol–water partition coefficient (Wildman–Crippen LogP) is 2.68. The molecule has 1 aromatic rings. The molecular weight excluding hydrogens is 246 g/mol. The second-order valence-electron chi connectivity index (χ2n) is 4.90. The van der Waals surface area contributed by atoms with Gasteiger partial charge >= 0.3 is 0 Å². The molecule has 96 valence electrons. The molecule has 1 aliphatic rings. The number of piperazine rings is 1. The first-order valence-electron chi connectivity index (χ1n) is 6.20. The van der Waals surface area contributed by atoms with E-state index >= 15 is 0 Å². The Labute approximate surface area is 114 Å². The summed E-state index contributed by atoms with van der Waals surface area (Å²) in [6.07, 6.45) is 0.562. The molecule has 18 heavy (non-hydrogen) atoms. The molecule has 1 unspecified atom stereocenters. The fourth-order valence-electron chi connectivity index (χ4n) is 2.55. The van der Waals surface area contributed by atoms with Crippen LogP contribution in [0.3, 0.4) is 0 Å². The number of halogens is 1. The summed E-state index contributed by atoms with van der Waals surface area (Å²) in [5.41, 5.74) is 2.38. The third-order valence-corrected chi connectivity index (χ3v) is 3.72. The van der Waals surface area contributed by atoms with Crippen LogP contribution in [0.15, 0.2) is 18.2 Å². The molecule has 0 aromatic heterocycles. The van der Waals surface area contributed by atoms with Crippen LogP contribution in [0.4, 0.5) is 5.69 Å². The van der Waals surface area contributed by atoms with Crippen LogP contribution in [0.2, 0.25) is 5.02 Å². The molecule has 0 amide bonds. The van der Waals surface area contributed by atoms with Crippen LogP contribution >= 0.6 is 11.6 Å². The van der Waals surface area contributed by atoms with E-state index < -0.39 is 0 Å². The van der Waals surface area contributed by atoms with Gasteiger partial charge in [0.25, 0.3) is 0 Å². The molecule has 0 N–H and O–H groups in total. The van der Waals surface area contributed by atoms with E-state index in [0.29, 0.717) is 6.42 Å². The number of aryl methyl sites for hydroxylation is 1. The SMILES string of the molecule is Cc1cc(Cl)ccc1N1CCN(C)CC1CC#N. The molecule has 0 saturated carbocycles. The van der Waals surface area contributed by atoms with Gasteiger partial charge in [0, 0.05) is 30.3 Å². The summed E-state index contributed by atoms with van der Waals surface area (Å²) >= 11 is 6.00. The second-order valence-corrected chi connectivity index (χ2v) is 5.34. The number of nitrogens with zero attached hydrogens (tertiary/aromatic N) is 3. The maximum absolute atomic E-state index is 8.97. The average molecular weight is 264 g/mol. The van der Waals surface area contributed by atoms with Crippen molar-refractivity contribution in [3.05, 3.63) is 28.8 Å². The van der Waals surface area contributed by atoms with Gasteiger partial charge in [-0.05, 0) is 37.7 Å². The quantitative estimate of drug-likeness (QED) is 0.822. The van der Waals surface area contributed by atoms with Gasteiger partial charge in [-0.2, -0.15) is 5.26 Å². The van der Waals surface area contributed by atoms with Gasteiger partial charge in [0.2, 0.25) is 0 Å². The highest BCUT2D eigenvalue weighted by Crippen LogP contribution is 2.27. The molecule has 4 heteroatoms. The predicted molar refractivity (Wildman–Crippen MR) is 75.1 cm³/mol. The maximum Gasteiger partial charge on any atom is 0.0643 e. The van der Waals surface area contributed by atoms with Gasteiger partial charge in [-0.25, -0.2) is 0 Å². The van der Waals surface area contributed by atoms with Gasteiger partial charge in [-0.15, -0.1) is 0 Å². The van der Waals surface area contributed by atoms with Crippen LogP contribution < -0.4 is 4.90 Å². The van der Waals surface area contributed by atoms with Crippen molar-refractivity contribution in [3.8, 4) is 6.07 Å². The zero-order chi connectivity index (χ0) is 13.1. The van der Waals surface area contributed by atoms with Crippen molar-refractivity contribution in [2.45, 2.75) is 19.4 Å². The Morgan fingerprint density at radius 3 is 2.89 bits per heavy atom. The lowest BCUT2D eigenvalue weighted by molar-refractivity contribution is 0.268. The molecule has 3 nitrogen and oxygen atoms in total. The van der Waals surface area contributed by atoms with Crippen molar-refractivity contribution in [2.75, 3.05) is 31.6 Å². The molecule has 1 fully saturated rings. The number of likely N-dealkylation sites (N-methyl/N-ethyl adjacent to an activating group) is 1. The van der Waals surface area contributed by atoms with E-state index in [4.69, 9.17) is 16.9 Å². The lowest BCUT2D eigenvalue weighted by Crippen LogP contribution is -2.52. The summed E-state index contributed by atoms with van der Waals surface area (Å²) in [6, 6.07) is 8.54. The third-order valence-electron chi connectivity index (χ3n) is 3.48. The first-order valence-corrected chi connectivity index (χ1v) is 6.58. The Morgan fingerprint density at radius 2 is 2.22 bits per heavy atom. The highest BCUT2D eigenvalue weighted by atomic mass is 35.5. The Hall–Kier alpha value is -1.24. The zero-order valence-corrected chi connectivity index (χ0v) is 11.6. The Balaban J connectivity index is 2.27. The molecule has 0 spiro atoms. The van der Waals surface area contributed by atoms with Gasteiger partial charge < -0.3 is 9.80 Å². The normalized spacial score (nSPS) is 20.8. The summed E-state index contributed by atoms with van der Waals surface area (Å²) in [7, 11) is 2.11. The van der Waals surface area contributed by atoms with Crippen LogP contribution in [0.5, 0.6) is 0 Å². The number of hydrogen-bond acceptors (Lipinski definition) is 3. The van der Waals surface area contributed by atoms with E-state index in [2.05, 4.69) is 35.9 Å². The lowest BCUT2D eigenvalue weighted by Gasteiger charge is -2.41. The summed E-state index contributed by atoms with van der Waals surface area (Å²) < 4.78 is 0. The standard InChI is InChI=1S/C14H18ClN3/c1-11-9-12(15)3-4-14(11)18-8-7-17(2)10-13(18)5-6-16/h3-4,9,13H,5,7-8,10H2,1-2H3. The van der Waals surface area contributed by atoms with Gasteiger partial charge in [0.05, 0.1) is 18.5 Å². The highest BCUT2D eigenvalue weighted by Gasteiger charge is 2.26. The van der Waals surface area contributed by atoms with Gasteiger partial charge in [-0.1, -0.05) is 11.6 Å². The smallest absolute Gasteiger partial charge is 0.0643 e. The molecule has 1 aromatic carbocycles. The van der Waals surface area contributed by atoms with Crippen LogP contribution in [0.1, 0.15) is 12.0 Å². The van der Waals surface area contributed by atoms with E-state index in [1.807, 2.05) is 12.1 Å². The van der Waals surface area contributed by atoms with E-state index in [9.17, 15) is 0 Å². The molecule has 1 aliphatic heterocycles. The Bertz CT molecular complexity index is 467. The molecule has 1 heterocycles. The third kappa shape index (κ3) is 2.77. The van der Waals surface area contributed by atoms with E-state index in [-0.39, 0.29) is 6.04 Å². The zero-order valence-electron chi connectivity index (χ0n) is 10.9. The number of hydrogen-bond donors (Lipinski definition) is 0. The molecule has 0 bridgehead atoms. The molecule has 1 saturated heterocycles. The number of benzene rings is 1. The number of nitriles is 1. The van der Waals surface area contributed by atoms with Crippen LogP contribution in [-0.2, 0) is 0 Å². The summed E-state index contributed by atoms with van der Waals surface area (Å²) in [5, 5.41) is 9.73. The lowest BCUT2D eigenvalue weighted by atomic mass is 10.1. The van der Waals surface area contributed by atoms with Crippen LogP contribution in [0, 0.1) is 18.3 Å². The number of rotatable bonds is 2. The van der Waals surface area contributed by atoms with Crippen LogP contribution in [-0.4, -0.2) is 37.6 Å². The van der Waals surface area contributed by atoms with Crippen molar-refractivity contribution in [1.82, 2.24) is 4.90 Å². The minimum absolute atomic E-state index is 0.272. The molecule has 0 aliphatic carbocycles. The summed E-state index contributed by atoms with van der Waals surface area (Å²) in [5.74, 6) is 0. The Morgan fingerprint density at radius 1 is 1.44 bits per heavy atom. The van der Waals surface area contributed by atoms with Gasteiger partial charge in [0.15, 0.2) is 0 Å². The fourth-order valence-corrected chi connectivity index (χ4v) is 2.78. The second kappa shape index (κ2) is 5.60. The highest BCUT2D eigenvalue weighted by molar-refractivity contribution is 6.30. The van der Waals surface area contributed by atoms with Crippen LogP contribution in [0.25, 0.3) is 0 Å². The fraction of sp³-hybridized carbons (Fsp3) is 0.500. The first-order chi connectivity index (χ1) is 8.61. The number of anilines is 1. The average Bonchev–Trinajstić information content (AvgIpc) is 2.31. The van der Waals surface area contributed by atoms with Crippen molar-refractivity contribution >= 4 is 17.3 Å². The van der Waals surface area contributed by atoms with Crippen molar-refractivity contribution < 1.29 is 0 Å².